The van der Waals surface area contributed by atoms with Gasteiger partial charge in [0.2, 0.25) is 0 Å². The number of aliphatic hydroxyl groups is 2. The molecule has 35 heavy (non-hydrogen) atoms. The Morgan fingerprint density at radius 1 is 1.20 bits per heavy atom. The van der Waals surface area contributed by atoms with Crippen LogP contribution in [0.2, 0.25) is 0 Å². The van der Waals surface area contributed by atoms with E-state index in [9.17, 15) is 38.1 Å². The zero-order valence-electron chi connectivity index (χ0n) is 17.1. The summed E-state index contributed by atoms with van der Waals surface area (Å²) >= 11 is 0. The number of hydrogen-bond donors (Lipinski definition) is 7. The lowest BCUT2D eigenvalue weighted by atomic mass is 9.87. The highest BCUT2D eigenvalue weighted by molar-refractivity contribution is 7.66. The maximum Gasteiger partial charge on any atom is 0.490 e. The molecule has 196 valence electrons. The summed E-state index contributed by atoms with van der Waals surface area (Å²) in [6.07, 6.45) is -1.05. The van der Waals surface area contributed by atoms with E-state index in [0.29, 0.717) is 0 Å². The Labute approximate surface area is 194 Å². The average Bonchev–Trinajstić information content (AvgIpc) is 3.24. The number of nitrogens with zero attached hydrogens (tertiary/aromatic N) is 4. The van der Waals surface area contributed by atoms with Gasteiger partial charge in [-0.05, 0) is 0 Å². The van der Waals surface area contributed by atoms with Crippen molar-refractivity contribution in [3.8, 4) is 0 Å². The minimum Gasteiger partial charge on any atom is -0.386 e. The van der Waals surface area contributed by atoms with Crippen molar-refractivity contribution in [2.75, 3.05) is 19.0 Å². The third-order valence-electron chi connectivity index (χ3n) is 4.76. The second-order valence-electron chi connectivity index (χ2n) is 7.11. The van der Waals surface area contributed by atoms with Gasteiger partial charge < -0.3 is 40.3 Å². The number of anilines is 1. The molecule has 8 N–H and O–H groups in total. The first-order valence-corrected chi connectivity index (χ1v) is 13.5. The van der Waals surface area contributed by atoms with Gasteiger partial charge in [0.05, 0.1) is 12.9 Å². The van der Waals surface area contributed by atoms with Crippen LogP contribution in [0.5, 0.6) is 0 Å². The first-order chi connectivity index (χ1) is 16.0. The Morgan fingerprint density at radius 2 is 1.86 bits per heavy atom. The monoisotopic (exact) mass is 565 g/mol. The fourth-order valence-corrected chi connectivity index (χ4v) is 6.30. The van der Waals surface area contributed by atoms with E-state index in [1.807, 2.05) is 0 Å². The summed E-state index contributed by atoms with van der Waals surface area (Å²) in [5.41, 5.74) is 0.642. The van der Waals surface area contributed by atoms with E-state index in [-0.39, 0.29) is 17.0 Å². The van der Waals surface area contributed by atoms with E-state index < -0.39 is 60.3 Å². The van der Waals surface area contributed by atoms with Crippen molar-refractivity contribution in [1.82, 2.24) is 19.5 Å². The van der Waals surface area contributed by atoms with Crippen LogP contribution in [0.3, 0.4) is 0 Å². The van der Waals surface area contributed by atoms with Gasteiger partial charge in [-0.15, -0.1) is 0 Å². The van der Waals surface area contributed by atoms with Gasteiger partial charge in [0.1, 0.15) is 24.6 Å². The Kier molecular flexibility index (Phi) is 7.42. The summed E-state index contributed by atoms with van der Waals surface area (Å²) in [5.74, 6) is -0.0566. The number of aliphatic hydroxyl groups excluding tert-OH is 1. The molecule has 1 aliphatic rings. The minimum absolute atomic E-state index is 0.0162. The summed E-state index contributed by atoms with van der Waals surface area (Å²) in [6, 6.07) is 0. The molecule has 0 amide bonds. The smallest absolute Gasteiger partial charge is 0.386 e. The fourth-order valence-electron chi connectivity index (χ4n) is 3.22. The number of aromatic nitrogens is 4. The molecule has 2 unspecified atom stereocenters. The number of halogens is 1. The molecular formula is C13H19FN5O13P3. The SMILES string of the molecule is C=C[C@]1(O)[C@@H](n2cnc3c(N)ncnc32)O[C@](CF)(COP(=O)(O)OP(=O)(O)OP(=O)(O)O)[C@H]1O. The van der Waals surface area contributed by atoms with Gasteiger partial charge in [-0.1, -0.05) is 12.7 Å². The first-order valence-electron chi connectivity index (χ1n) is 8.98. The molecule has 6 atom stereocenters. The van der Waals surface area contributed by atoms with E-state index in [1.54, 1.807) is 0 Å². The zero-order chi connectivity index (χ0) is 26.4. The summed E-state index contributed by atoms with van der Waals surface area (Å²) < 4.78 is 66.5. The van der Waals surface area contributed by atoms with Gasteiger partial charge in [-0.3, -0.25) is 9.09 Å². The molecular weight excluding hydrogens is 546 g/mol. The second kappa shape index (κ2) is 9.32. The molecule has 1 saturated heterocycles. The number of imidazole rings is 1. The Hall–Kier alpha value is -1.69. The molecule has 22 heteroatoms. The predicted molar refractivity (Wildman–Crippen MR) is 110 cm³/mol. The van der Waals surface area contributed by atoms with Crippen LogP contribution in [0.4, 0.5) is 10.2 Å². The third-order valence-corrected chi connectivity index (χ3v) is 8.54. The van der Waals surface area contributed by atoms with Gasteiger partial charge in [0.15, 0.2) is 28.9 Å². The molecule has 18 nitrogen and oxygen atoms in total. The minimum atomic E-state index is -5.86. The van der Waals surface area contributed by atoms with Crippen molar-refractivity contribution >= 4 is 40.4 Å². The van der Waals surface area contributed by atoms with Gasteiger partial charge in [-0.2, -0.15) is 8.62 Å². The second-order valence-corrected chi connectivity index (χ2v) is 11.5. The van der Waals surface area contributed by atoms with Crippen LogP contribution in [-0.4, -0.2) is 79.9 Å². The van der Waals surface area contributed by atoms with E-state index in [1.165, 1.54) is 0 Å². The number of phosphoric ester groups is 1. The van der Waals surface area contributed by atoms with E-state index >= 15 is 0 Å². The number of ether oxygens (including phenoxy) is 1. The lowest BCUT2D eigenvalue weighted by Gasteiger charge is -2.31. The topological polar surface area (TPSA) is 279 Å². The maximum absolute atomic E-state index is 14.2. The van der Waals surface area contributed by atoms with Gasteiger partial charge >= 0.3 is 23.5 Å². The molecule has 1 fully saturated rings. The van der Waals surface area contributed by atoms with Crippen LogP contribution in [-0.2, 0) is 31.6 Å². The molecule has 2 aromatic rings. The fraction of sp³-hybridized carbons (Fsp3) is 0.462. The Morgan fingerprint density at radius 3 is 2.43 bits per heavy atom. The van der Waals surface area contributed by atoms with Gasteiger partial charge in [0.25, 0.3) is 0 Å². The molecule has 3 rings (SSSR count). The van der Waals surface area contributed by atoms with Gasteiger partial charge in [-0.25, -0.2) is 33.0 Å². The third kappa shape index (κ3) is 5.52. The van der Waals surface area contributed by atoms with Crippen LogP contribution in [0.15, 0.2) is 25.3 Å². The van der Waals surface area contributed by atoms with Crippen LogP contribution >= 0.6 is 23.5 Å². The summed E-state index contributed by atoms with van der Waals surface area (Å²) in [6.45, 7) is 0.316. The van der Waals surface area contributed by atoms with Crippen LogP contribution in [0, 0.1) is 0 Å². The van der Waals surface area contributed by atoms with Crippen molar-refractivity contribution in [3.05, 3.63) is 25.3 Å². The standard InChI is InChI=1S/C13H19FN5O13P3/c1-2-13(21)10(20)12(3-14,4-29-34(25,26)32-35(27,28)31-33(22,23)24)30-11(13)19-6-18-7-8(15)16-5-17-9(7)19/h2,5-6,10-11,20-21H,1,3-4H2,(H,25,26)(H,27,28)(H2,15,16,17)(H2,22,23,24)/t10-,11+,12-,13-/m1/s1. The Bertz CT molecular complexity index is 1270. The molecule has 1 aliphatic heterocycles. The van der Waals surface area contributed by atoms with Crippen LogP contribution in [0.1, 0.15) is 6.23 Å². The van der Waals surface area contributed by atoms with Gasteiger partial charge in [0, 0.05) is 0 Å². The summed E-state index contributed by atoms with van der Waals surface area (Å²) in [5, 5.41) is 21.8. The number of nitrogens with two attached hydrogens (primary N) is 1. The van der Waals surface area contributed by atoms with Crippen molar-refractivity contribution in [1.29, 1.82) is 0 Å². The molecule has 0 radical (unpaired) electrons. The number of rotatable bonds is 10. The molecule has 0 saturated carbocycles. The highest BCUT2D eigenvalue weighted by atomic mass is 31.3. The molecule has 2 aromatic heterocycles. The van der Waals surface area contributed by atoms with Crippen LogP contribution < -0.4 is 5.73 Å². The molecule has 3 heterocycles. The van der Waals surface area contributed by atoms with Crippen molar-refractivity contribution < 1.29 is 65.8 Å². The van der Waals surface area contributed by atoms with E-state index in [0.717, 1.165) is 23.3 Å². The van der Waals surface area contributed by atoms with Crippen molar-refractivity contribution in [3.63, 3.8) is 0 Å². The summed E-state index contributed by atoms with van der Waals surface area (Å²) in [7, 11) is -17.2. The van der Waals surface area contributed by atoms with Crippen molar-refractivity contribution in [2.24, 2.45) is 0 Å². The number of nitrogen functional groups attached to an aromatic ring is 1. The Balaban J connectivity index is 1.91. The number of fused-ring (bicyclic) bond motifs is 1. The highest BCUT2D eigenvalue weighted by Gasteiger charge is 2.64. The molecule has 0 bridgehead atoms. The number of alkyl halides is 1. The molecule has 0 aromatic carbocycles. The first kappa shape index (κ1) is 27.9. The largest absolute Gasteiger partial charge is 0.490 e. The average molecular weight is 565 g/mol. The van der Waals surface area contributed by atoms with Crippen molar-refractivity contribution in [2.45, 2.75) is 23.5 Å². The van der Waals surface area contributed by atoms with E-state index in [4.69, 9.17) is 20.3 Å². The zero-order valence-corrected chi connectivity index (χ0v) is 19.8. The summed E-state index contributed by atoms with van der Waals surface area (Å²) in [4.78, 5) is 47.7. The van der Waals surface area contributed by atoms with Crippen LogP contribution in [0.25, 0.3) is 11.2 Å². The quantitative estimate of drug-likeness (QED) is 0.138. The maximum atomic E-state index is 14.2. The molecule has 0 spiro atoms. The lowest BCUT2D eigenvalue weighted by Crippen LogP contribution is -2.53. The van der Waals surface area contributed by atoms with E-state index in [2.05, 4.69) is 34.7 Å². The number of hydrogen-bond acceptors (Lipinski definition) is 13. The highest BCUT2D eigenvalue weighted by Crippen LogP contribution is 2.66. The lowest BCUT2D eigenvalue weighted by molar-refractivity contribution is -0.135. The normalized spacial score (nSPS) is 30.7. The number of phosphoric acid groups is 3. The molecule has 0 aliphatic carbocycles. The predicted octanol–water partition coefficient (Wildman–Crippen LogP) is -0.733.